The summed E-state index contributed by atoms with van der Waals surface area (Å²) < 4.78 is 115. The second-order valence-corrected chi connectivity index (χ2v) is 12.3. The van der Waals surface area contributed by atoms with Gasteiger partial charge in [-0.2, -0.15) is 0 Å². The van der Waals surface area contributed by atoms with E-state index in [9.17, 15) is 44.3 Å². The van der Waals surface area contributed by atoms with Crippen molar-refractivity contribution in [2.24, 2.45) is 0 Å². The molecule has 0 spiro atoms. The zero-order valence-corrected chi connectivity index (χ0v) is 12.7. The number of halogens is 9. The molecule has 0 aliphatic heterocycles. The van der Waals surface area contributed by atoms with Crippen molar-refractivity contribution in [3.63, 3.8) is 0 Å². The fraction of sp³-hybridized carbons (Fsp3) is 0.364. The number of carbonyl (C=O) groups excluding carboxylic acids is 1. The summed E-state index contributed by atoms with van der Waals surface area (Å²) in [4.78, 5) is 11.1. The summed E-state index contributed by atoms with van der Waals surface area (Å²) in [6.45, 7) is 0.822. The first-order chi connectivity index (χ1) is 9.66. The second-order valence-electron chi connectivity index (χ2n) is 4.38. The van der Waals surface area contributed by atoms with E-state index >= 15 is 0 Å². The molecule has 22 heavy (non-hydrogen) atoms. The second kappa shape index (κ2) is 5.46. The Morgan fingerprint density at radius 1 is 0.864 bits per heavy atom. The van der Waals surface area contributed by atoms with Crippen LogP contribution in [0.15, 0.2) is 24.3 Å². The standard InChI is InChI=1S/C11H7F9GeO/c1-6(22)7-3-2-4-8(5-7)21(9(12,13)14,10(15,16)17)11(18,19)20/h2-5H,1H3. The number of hydrogen-bond donors (Lipinski definition) is 0. The molecule has 0 radical (unpaired) electrons. The number of Topliss-reactive ketones (excluding diaryl/α,β-unsaturated/α-hetero) is 1. The Labute approximate surface area is 120 Å². The minimum absolute atomic E-state index is 0.0385. The van der Waals surface area contributed by atoms with Gasteiger partial charge in [-0.15, -0.1) is 0 Å². The molecule has 1 aromatic carbocycles. The van der Waals surface area contributed by atoms with E-state index in [2.05, 4.69) is 0 Å². The maximum atomic E-state index is 12.9. The third-order valence-corrected chi connectivity index (χ3v) is 10.8. The van der Waals surface area contributed by atoms with Gasteiger partial charge in [-0.25, -0.2) is 0 Å². The van der Waals surface area contributed by atoms with Crippen LogP contribution in [0.2, 0.25) is 0 Å². The number of hydrogen-bond acceptors (Lipinski definition) is 1. The van der Waals surface area contributed by atoms with E-state index in [-0.39, 0.29) is 12.1 Å². The van der Waals surface area contributed by atoms with Gasteiger partial charge in [-0.05, 0) is 0 Å². The molecule has 0 unspecified atom stereocenters. The average Bonchev–Trinajstić information content (AvgIpc) is 2.23. The summed E-state index contributed by atoms with van der Waals surface area (Å²) in [5.41, 5.74) is -0.648. The predicted octanol–water partition coefficient (Wildman–Crippen LogP) is 3.85. The summed E-state index contributed by atoms with van der Waals surface area (Å²) in [5, 5.41) is -19.5. The maximum absolute atomic E-state index is 12.9. The van der Waals surface area contributed by atoms with Gasteiger partial charge in [-0.1, -0.05) is 0 Å². The third-order valence-electron chi connectivity index (χ3n) is 2.98. The molecule has 1 rings (SSSR count). The number of ketones is 1. The first kappa shape index (κ1) is 18.9. The summed E-state index contributed by atoms with van der Waals surface area (Å²) in [6, 6.07) is 1.59. The van der Waals surface area contributed by atoms with Gasteiger partial charge in [-0.3, -0.25) is 0 Å². The van der Waals surface area contributed by atoms with Crippen molar-refractivity contribution >= 4 is 23.4 Å². The van der Waals surface area contributed by atoms with E-state index < -0.39 is 44.0 Å². The minimum atomic E-state index is -8.68. The third kappa shape index (κ3) is 2.84. The Kier molecular flexibility index (Phi) is 4.68. The van der Waals surface area contributed by atoms with E-state index in [1.165, 1.54) is 0 Å². The van der Waals surface area contributed by atoms with Crippen molar-refractivity contribution in [2.45, 2.75) is 22.0 Å². The van der Waals surface area contributed by atoms with Gasteiger partial charge in [0.2, 0.25) is 0 Å². The van der Waals surface area contributed by atoms with Gasteiger partial charge >= 0.3 is 120 Å². The van der Waals surface area contributed by atoms with Crippen LogP contribution < -0.4 is 4.40 Å². The van der Waals surface area contributed by atoms with Crippen LogP contribution in [-0.2, 0) is 0 Å². The monoisotopic (exact) mass is 400 g/mol. The topological polar surface area (TPSA) is 17.1 Å². The molecule has 124 valence electrons. The van der Waals surface area contributed by atoms with Crippen LogP contribution in [0.25, 0.3) is 0 Å². The number of rotatable bonds is 2. The number of benzene rings is 1. The van der Waals surface area contributed by atoms with E-state index in [0.717, 1.165) is 13.0 Å². The molecule has 0 aliphatic carbocycles. The van der Waals surface area contributed by atoms with Crippen LogP contribution in [-0.4, -0.2) is 34.1 Å². The molecule has 0 atom stereocenters. The molecule has 0 aromatic heterocycles. The molecule has 0 fully saturated rings. The molecule has 0 heterocycles. The number of carbonyl (C=O) groups is 1. The zero-order valence-electron chi connectivity index (χ0n) is 10.6. The molecule has 0 saturated heterocycles. The first-order valence-electron chi connectivity index (χ1n) is 5.48. The van der Waals surface area contributed by atoms with Crippen LogP contribution >= 0.6 is 0 Å². The molecule has 0 saturated carbocycles. The van der Waals surface area contributed by atoms with Crippen LogP contribution in [0.3, 0.4) is 0 Å². The molecule has 0 N–H and O–H groups in total. The Morgan fingerprint density at radius 3 is 1.59 bits per heavy atom. The predicted molar refractivity (Wildman–Crippen MR) is 60.0 cm³/mol. The summed E-state index contributed by atoms with van der Waals surface area (Å²) >= 11 is -8.68. The van der Waals surface area contributed by atoms with Gasteiger partial charge in [0.1, 0.15) is 0 Å². The Morgan fingerprint density at radius 2 is 1.27 bits per heavy atom. The SMILES string of the molecule is CC(=O)c1ccc[c]([Ge]([C](F)(F)F)([C](F)(F)F)[C](F)(F)F)c1. The molecule has 11 heteroatoms. The van der Waals surface area contributed by atoms with Gasteiger partial charge in [0.25, 0.3) is 0 Å². The van der Waals surface area contributed by atoms with Gasteiger partial charge in [0.05, 0.1) is 0 Å². The van der Waals surface area contributed by atoms with Crippen molar-refractivity contribution in [3.8, 4) is 0 Å². The summed E-state index contributed by atoms with van der Waals surface area (Å²) in [6.07, 6.45) is 0. The first-order valence-corrected chi connectivity index (χ1v) is 9.67. The quantitative estimate of drug-likeness (QED) is 0.420. The van der Waals surface area contributed by atoms with Crippen molar-refractivity contribution < 1.29 is 44.3 Å². The van der Waals surface area contributed by atoms with Crippen molar-refractivity contribution in [1.82, 2.24) is 0 Å². The van der Waals surface area contributed by atoms with E-state index in [0.29, 0.717) is 6.07 Å². The van der Waals surface area contributed by atoms with Crippen molar-refractivity contribution in [1.29, 1.82) is 0 Å². The van der Waals surface area contributed by atoms with E-state index in [1.807, 2.05) is 0 Å². The molecule has 1 aromatic rings. The van der Waals surface area contributed by atoms with Crippen molar-refractivity contribution in [3.05, 3.63) is 29.8 Å². The Bertz CT molecular complexity index is 534. The Balaban J connectivity index is 3.87. The average molecular weight is 399 g/mol. The van der Waals surface area contributed by atoms with Gasteiger partial charge in [0.15, 0.2) is 0 Å². The molecule has 0 amide bonds. The molecular formula is C11H7F9GeO. The van der Waals surface area contributed by atoms with E-state index in [4.69, 9.17) is 0 Å². The summed E-state index contributed by atoms with van der Waals surface area (Å²) in [5.74, 6) is -0.940. The van der Waals surface area contributed by atoms with Crippen LogP contribution in [0, 0.1) is 0 Å². The molecular weight excluding hydrogens is 392 g/mol. The van der Waals surface area contributed by atoms with Crippen molar-refractivity contribution in [2.75, 3.05) is 0 Å². The van der Waals surface area contributed by atoms with Crippen LogP contribution in [0.4, 0.5) is 39.5 Å². The molecule has 0 aliphatic rings. The molecule has 0 bridgehead atoms. The Hall–Kier alpha value is -1.20. The van der Waals surface area contributed by atoms with Crippen LogP contribution in [0.1, 0.15) is 17.3 Å². The van der Waals surface area contributed by atoms with E-state index in [1.54, 1.807) is 0 Å². The fourth-order valence-electron chi connectivity index (χ4n) is 1.94. The molecule has 1 nitrogen and oxygen atoms in total. The van der Waals surface area contributed by atoms with Gasteiger partial charge < -0.3 is 0 Å². The zero-order chi connectivity index (χ0) is 17.6. The normalized spacial score (nSPS) is 14.1. The van der Waals surface area contributed by atoms with Gasteiger partial charge in [0, 0.05) is 0 Å². The fourth-order valence-corrected chi connectivity index (χ4v) is 7.53. The number of alkyl halides is 9. The summed E-state index contributed by atoms with van der Waals surface area (Å²) in [7, 11) is 0. The van der Waals surface area contributed by atoms with Crippen LogP contribution in [0.5, 0.6) is 0 Å².